The highest BCUT2D eigenvalue weighted by Gasteiger charge is 2.41. The molecule has 0 amide bonds. The first-order valence-corrected chi connectivity index (χ1v) is 12.4. The van der Waals surface area contributed by atoms with Crippen LogP contribution < -0.4 is 10.1 Å². The van der Waals surface area contributed by atoms with E-state index >= 15 is 0 Å². The molecule has 6 heteroatoms. The predicted octanol–water partition coefficient (Wildman–Crippen LogP) is 5.81. The van der Waals surface area contributed by atoms with Gasteiger partial charge in [-0.1, -0.05) is 60.7 Å². The van der Waals surface area contributed by atoms with E-state index in [0.717, 1.165) is 11.3 Å². The molecule has 1 heterocycles. The van der Waals surface area contributed by atoms with Crippen LogP contribution in [0.1, 0.15) is 42.7 Å². The van der Waals surface area contributed by atoms with Crippen LogP contribution in [0.15, 0.2) is 107 Å². The Morgan fingerprint density at radius 3 is 2.27 bits per heavy atom. The van der Waals surface area contributed by atoms with Crippen molar-refractivity contribution in [2.24, 2.45) is 0 Å². The van der Waals surface area contributed by atoms with Crippen molar-refractivity contribution < 1.29 is 23.5 Å². The molecule has 5 rings (SSSR count). The lowest BCUT2D eigenvalue weighted by Gasteiger charge is -2.36. The van der Waals surface area contributed by atoms with Gasteiger partial charge in [0, 0.05) is 29.3 Å². The summed E-state index contributed by atoms with van der Waals surface area (Å²) >= 11 is 0. The van der Waals surface area contributed by atoms with Crippen molar-refractivity contribution >= 4 is 11.8 Å². The molecule has 3 aromatic carbocycles. The van der Waals surface area contributed by atoms with E-state index < -0.39 is 11.9 Å². The van der Waals surface area contributed by atoms with Gasteiger partial charge in [0.05, 0.1) is 5.57 Å². The van der Waals surface area contributed by atoms with E-state index in [1.165, 1.54) is 12.1 Å². The van der Waals surface area contributed by atoms with Crippen LogP contribution in [0.5, 0.6) is 5.75 Å². The Kier molecular flexibility index (Phi) is 7.17. The number of carbonyl (C=O) groups is 2. The van der Waals surface area contributed by atoms with E-state index in [1.807, 2.05) is 67.6 Å². The normalized spacial score (nSPS) is 19.2. The number of Topliss-reactive ketones (excluding diaryl/α,β-unsaturated/α-hetero) is 1. The van der Waals surface area contributed by atoms with Crippen LogP contribution in [0.2, 0.25) is 0 Å². The molecular weight excluding hydrogens is 469 g/mol. The largest absolute Gasteiger partial charge is 0.490 e. The van der Waals surface area contributed by atoms with E-state index in [0.29, 0.717) is 41.0 Å². The smallest absolute Gasteiger partial charge is 0.336 e. The average molecular weight is 498 g/mol. The zero-order chi connectivity index (χ0) is 25.8. The van der Waals surface area contributed by atoms with Crippen LogP contribution in [-0.4, -0.2) is 25.0 Å². The van der Waals surface area contributed by atoms with E-state index in [-0.39, 0.29) is 30.7 Å². The number of allylic oxidation sites excluding steroid dienone is 3. The van der Waals surface area contributed by atoms with Gasteiger partial charge in [-0.15, -0.1) is 0 Å². The Labute approximate surface area is 215 Å². The van der Waals surface area contributed by atoms with Crippen LogP contribution >= 0.6 is 0 Å². The van der Waals surface area contributed by atoms with Crippen LogP contribution in [0, 0.1) is 5.82 Å². The van der Waals surface area contributed by atoms with Crippen molar-refractivity contribution in [3.05, 3.63) is 124 Å². The number of dihydropyridines is 1. The molecule has 0 bridgehead atoms. The van der Waals surface area contributed by atoms with Gasteiger partial charge in [0.1, 0.15) is 24.8 Å². The zero-order valence-corrected chi connectivity index (χ0v) is 20.6. The molecule has 0 aromatic heterocycles. The molecule has 0 radical (unpaired) electrons. The van der Waals surface area contributed by atoms with E-state index in [1.54, 1.807) is 12.1 Å². The summed E-state index contributed by atoms with van der Waals surface area (Å²) < 4.78 is 25.0. The summed E-state index contributed by atoms with van der Waals surface area (Å²) in [6, 6.07) is 25.2. The fourth-order valence-corrected chi connectivity index (χ4v) is 5.15. The number of hydrogen-bond donors (Lipinski definition) is 1. The Morgan fingerprint density at radius 2 is 1.57 bits per heavy atom. The van der Waals surface area contributed by atoms with Gasteiger partial charge in [-0.05, 0) is 54.7 Å². The van der Waals surface area contributed by atoms with E-state index in [9.17, 15) is 14.0 Å². The zero-order valence-electron chi connectivity index (χ0n) is 20.6. The summed E-state index contributed by atoms with van der Waals surface area (Å²) in [6.07, 6.45) is 0.988. The van der Waals surface area contributed by atoms with Crippen molar-refractivity contribution in [1.82, 2.24) is 5.32 Å². The fraction of sp³-hybridized carbons (Fsp3) is 0.226. The number of para-hydroxylation sites is 1. The lowest BCUT2D eigenvalue weighted by molar-refractivity contribution is -0.140. The molecule has 0 spiro atoms. The summed E-state index contributed by atoms with van der Waals surface area (Å²) in [6.45, 7) is 2.06. The Balaban J connectivity index is 1.41. The number of halogens is 1. The SMILES string of the molecule is CC1=C(C(=O)OCCOc2ccccc2)[C@@H](c2ccc(F)cc2)C2=C(C[C@@H](c3ccccc3)CC2=O)N1. The van der Waals surface area contributed by atoms with Crippen LogP contribution in [0.4, 0.5) is 4.39 Å². The van der Waals surface area contributed by atoms with Gasteiger partial charge in [-0.2, -0.15) is 0 Å². The number of ether oxygens (including phenoxy) is 2. The van der Waals surface area contributed by atoms with Gasteiger partial charge in [-0.25, -0.2) is 9.18 Å². The third kappa shape index (κ3) is 5.33. The molecule has 0 saturated heterocycles. The lowest BCUT2D eigenvalue weighted by Crippen LogP contribution is -2.36. The summed E-state index contributed by atoms with van der Waals surface area (Å²) in [5.41, 5.74) is 4.12. The van der Waals surface area contributed by atoms with Crippen LogP contribution in [0.3, 0.4) is 0 Å². The minimum atomic E-state index is -0.636. The highest BCUT2D eigenvalue weighted by molar-refractivity contribution is 6.04. The summed E-state index contributed by atoms with van der Waals surface area (Å²) in [4.78, 5) is 26.9. The Bertz CT molecular complexity index is 1350. The van der Waals surface area contributed by atoms with Gasteiger partial charge in [-0.3, -0.25) is 4.79 Å². The lowest BCUT2D eigenvalue weighted by atomic mass is 9.72. The van der Waals surface area contributed by atoms with Crippen LogP contribution in [-0.2, 0) is 14.3 Å². The maximum Gasteiger partial charge on any atom is 0.336 e. The second kappa shape index (κ2) is 10.8. The summed E-state index contributed by atoms with van der Waals surface area (Å²) in [7, 11) is 0. The van der Waals surface area contributed by atoms with E-state index in [2.05, 4.69) is 5.32 Å². The average Bonchev–Trinajstić information content (AvgIpc) is 2.91. The standard InChI is InChI=1S/C31H28FNO4/c1-20-28(31(35)37-17-16-36-25-10-6-3-7-11-25)29(22-12-14-24(32)15-13-22)30-26(33-20)18-23(19-27(30)34)21-8-4-2-5-9-21/h2-15,23,29,33H,16-19H2,1H3/t23-,29-/m1/s1. The minimum Gasteiger partial charge on any atom is -0.490 e. The third-order valence-corrected chi connectivity index (χ3v) is 6.85. The summed E-state index contributed by atoms with van der Waals surface area (Å²) in [5.74, 6) is -0.835. The molecule has 0 saturated carbocycles. The molecule has 0 unspecified atom stereocenters. The minimum absolute atomic E-state index is 0.0258. The number of rotatable bonds is 7. The number of esters is 1. The molecule has 1 aliphatic heterocycles. The second-order valence-electron chi connectivity index (χ2n) is 9.28. The number of carbonyl (C=O) groups excluding carboxylic acids is 2. The van der Waals surface area contributed by atoms with Gasteiger partial charge in [0.25, 0.3) is 0 Å². The monoisotopic (exact) mass is 497 g/mol. The molecule has 37 heavy (non-hydrogen) atoms. The van der Waals surface area contributed by atoms with Crippen molar-refractivity contribution in [2.45, 2.75) is 31.6 Å². The molecule has 1 aliphatic carbocycles. The topological polar surface area (TPSA) is 64.6 Å². The Hall–Kier alpha value is -4.19. The molecular formula is C31H28FNO4. The third-order valence-electron chi connectivity index (χ3n) is 6.85. The molecule has 5 nitrogen and oxygen atoms in total. The van der Waals surface area contributed by atoms with E-state index in [4.69, 9.17) is 9.47 Å². The molecule has 3 aromatic rings. The van der Waals surface area contributed by atoms with Crippen molar-refractivity contribution in [3.63, 3.8) is 0 Å². The van der Waals surface area contributed by atoms with Gasteiger partial charge < -0.3 is 14.8 Å². The molecule has 1 N–H and O–H groups in total. The fourth-order valence-electron chi connectivity index (χ4n) is 5.15. The molecule has 2 atom stereocenters. The first-order valence-electron chi connectivity index (χ1n) is 12.4. The van der Waals surface area contributed by atoms with Crippen molar-refractivity contribution in [1.29, 1.82) is 0 Å². The van der Waals surface area contributed by atoms with Crippen molar-refractivity contribution in [3.8, 4) is 5.75 Å². The maximum absolute atomic E-state index is 13.8. The molecule has 0 fully saturated rings. The highest BCUT2D eigenvalue weighted by atomic mass is 19.1. The second-order valence-corrected chi connectivity index (χ2v) is 9.28. The number of ketones is 1. The maximum atomic E-state index is 13.8. The number of hydrogen-bond acceptors (Lipinski definition) is 5. The van der Waals surface area contributed by atoms with Crippen molar-refractivity contribution in [2.75, 3.05) is 13.2 Å². The van der Waals surface area contributed by atoms with Gasteiger partial charge in [0.15, 0.2) is 5.78 Å². The number of nitrogens with one attached hydrogen (secondary N) is 1. The van der Waals surface area contributed by atoms with Gasteiger partial charge >= 0.3 is 5.97 Å². The highest BCUT2D eigenvalue weighted by Crippen LogP contribution is 2.45. The first-order chi connectivity index (χ1) is 18.0. The van der Waals surface area contributed by atoms with Gasteiger partial charge in [0.2, 0.25) is 0 Å². The van der Waals surface area contributed by atoms with Crippen LogP contribution in [0.25, 0.3) is 0 Å². The first kappa shape index (κ1) is 24.5. The predicted molar refractivity (Wildman–Crippen MR) is 138 cm³/mol. The summed E-state index contributed by atoms with van der Waals surface area (Å²) in [5, 5.41) is 3.34. The Morgan fingerprint density at radius 1 is 0.892 bits per heavy atom. The molecule has 188 valence electrons. The quantitative estimate of drug-likeness (QED) is 0.330. The molecule has 2 aliphatic rings. The number of benzene rings is 3.